The van der Waals surface area contributed by atoms with Gasteiger partial charge in [-0.05, 0) is 22.0 Å². The smallest absolute Gasteiger partial charge is 0.210 e. The van der Waals surface area contributed by atoms with Crippen molar-refractivity contribution in [3.63, 3.8) is 0 Å². The third kappa shape index (κ3) is 1.90. The van der Waals surface area contributed by atoms with Crippen molar-refractivity contribution in [1.29, 1.82) is 0 Å². The zero-order chi connectivity index (χ0) is 11.8. The summed E-state index contributed by atoms with van der Waals surface area (Å²) in [6.45, 7) is 2.44. The highest BCUT2D eigenvalue weighted by Gasteiger charge is 2.24. The van der Waals surface area contributed by atoms with Crippen molar-refractivity contribution in [3.05, 3.63) is 21.6 Å². The Labute approximate surface area is 111 Å². The van der Waals surface area contributed by atoms with Gasteiger partial charge in [0.25, 0.3) is 0 Å². The topological polar surface area (TPSA) is 48.1 Å². The van der Waals surface area contributed by atoms with Crippen molar-refractivity contribution in [2.24, 2.45) is 0 Å². The lowest BCUT2D eigenvalue weighted by atomic mass is 10.1. The van der Waals surface area contributed by atoms with Crippen LogP contribution in [0.2, 0.25) is 0 Å². The minimum Gasteiger partial charge on any atom is -0.355 e. The predicted octanol–water partition coefficient (Wildman–Crippen LogP) is 2.09. The van der Waals surface area contributed by atoms with Crippen molar-refractivity contribution in [1.82, 2.24) is 15.2 Å². The van der Waals surface area contributed by atoms with Gasteiger partial charge < -0.3 is 15.2 Å². The molecule has 4 nitrogen and oxygen atoms in total. The number of hydrogen-bond acceptors (Lipinski definition) is 3. The molecule has 2 N–H and O–H groups in total. The molecule has 1 fully saturated rings. The molecule has 1 aliphatic rings. The van der Waals surface area contributed by atoms with E-state index in [1.54, 1.807) is 11.3 Å². The Balaban J connectivity index is 1.98. The molecule has 1 unspecified atom stereocenters. The van der Waals surface area contributed by atoms with Crippen LogP contribution in [-0.2, 0) is 4.79 Å². The number of H-pyrrole nitrogens is 1. The SMILES string of the molecule is O=CN1CCNCC1c1cc2scc(Br)c2[nH]1. The molecule has 90 valence electrons. The summed E-state index contributed by atoms with van der Waals surface area (Å²) in [5.74, 6) is 0. The summed E-state index contributed by atoms with van der Waals surface area (Å²) in [6, 6.07) is 2.26. The second-order valence-electron chi connectivity index (χ2n) is 4.11. The Hall–Kier alpha value is -0.850. The fourth-order valence-electron chi connectivity index (χ4n) is 2.21. The number of piperazine rings is 1. The Morgan fingerprint density at radius 1 is 1.59 bits per heavy atom. The molecule has 0 aliphatic carbocycles. The molecule has 2 aromatic heterocycles. The molecular weight excluding hydrogens is 302 g/mol. The van der Waals surface area contributed by atoms with Gasteiger partial charge in [-0.15, -0.1) is 11.3 Å². The molecule has 1 aliphatic heterocycles. The molecule has 1 amide bonds. The quantitative estimate of drug-likeness (QED) is 0.834. The zero-order valence-electron chi connectivity index (χ0n) is 9.07. The molecule has 0 saturated carbocycles. The summed E-state index contributed by atoms with van der Waals surface area (Å²) in [5.41, 5.74) is 2.23. The summed E-state index contributed by atoms with van der Waals surface area (Å²) in [5, 5.41) is 5.39. The third-order valence-corrected chi connectivity index (χ3v) is 4.97. The van der Waals surface area contributed by atoms with Crippen LogP contribution in [0.5, 0.6) is 0 Å². The van der Waals surface area contributed by atoms with Gasteiger partial charge in [-0.2, -0.15) is 0 Å². The van der Waals surface area contributed by atoms with Crippen molar-refractivity contribution in [2.75, 3.05) is 19.6 Å². The van der Waals surface area contributed by atoms with Gasteiger partial charge in [-0.25, -0.2) is 0 Å². The van der Waals surface area contributed by atoms with Gasteiger partial charge in [-0.1, -0.05) is 0 Å². The van der Waals surface area contributed by atoms with Gasteiger partial charge >= 0.3 is 0 Å². The molecule has 0 aromatic carbocycles. The number of carbonyl (C=O) groups is 1. The number of aromatic amines is 1. The van der Waals surface area contributed by atoms with Gasteiger partial charge in [0, 0.05) is 30.7 Å². The first-order chi connectivity index (χ1) is 8.29. The van der Waals surface area contributed by atoms with Gasteiger partial charge in [0.1, 0.15) is 0 Å². The summed E-state index contributed by atoms with van der Waals surface area (Å²) < 4.78 is 2.31. The highest BCUT2D eigenvalue weighted by atomic mass is 79.9. The second-order valence-corrected chi connectivity index (χ2v) is 5.88. The minimum absolute atomic E-state index is 0.118. The van der Waals surface area contributed by atoms with Crippen LogP contribution in [-0.4, -0.2) is 35.9 Å². The summed E-state index contributed by atoms with van der Waals surface area (Å²) in [4.78, 5) is 16.3. The zero-order valence-corrected chi connectivity index (χ0v) is 11.5. The van der Waals surface area contributed by atoms with Gasteiger partial charge in [-0.3, -0.25) is 4.79 Å². The first-order valence-electron chi connectivity index (χ1n) is 5.47. The van der Waals surface area contributed by atoms with Crippen LogP contribution >= 0.6 is 27.3 Å². The number of amides is 1. The molecule has 1 saturated heterocycles. The van der Waals surface area contributed by atoms with E-state index in [1.807, 2.05) is 4.90 Å². The first-order valence-corrected chi connectivity index (χ1v) is 7.14. The summed E-state index contributed by atoms with van der Waals surface area (Å²) >= 11 is 5.22. The fourth-order valence-corrected chi connectivity index (χ4v) is 3.76. The molecular formula is C11H12BrN3OS. The van der Waals surface area contributed by atoms with Crippen molar-refractivity contribution in [2.45, 2.75) is 6.04 Å². The van der Waals surface area contributed by atoms with Gasteiger partial charge in [0.2, 0.25) is 6.41 Å². The fraction of sp³-hybridized carbons (Fsp3) is 0.364. The van der Waals surface area contributed by atoms with Gasteiger partial charge in [0.15, 0.2) is 0 Å². The number of aromatic nitrogens is 1. The van der Waals surface area contributed by atoms with E-state index in [1.165, 1.54) is 4.70 Å². The van der Waals surface area contributed by atoms with E-state index in [-0.39, 0.29) is 6.04 Å². The second kappa shape index (κ2) is 4.44. The van der Waals surface area contributed by atoms with Crippen LogP contribution in [0.3, 0.4) is 0 Å². The number of thiophene rings is 1. The van der Waals surface area contributed by atoms with Crippen LogP contribution in [0.15, 0.2) is 15.9 Å². The Morgan fingerprint density at radius 2 is 2.47 bits per heavy atom. The van der Waals surface area contributed by atoms with Crippen molar-refractivity contribution >= 4 is 43.9 Å². The van der Waals surface area contributed by atoms with E-state index in [4.69, 9.17) is 0 Å². The molecule has 3 heterocycles. The Kier molecular flexibility index (Phi) is 2.94. The molecule has 1 atom stereocenters. The molecule has 2 aromatic rings. The first kappa shape index (κ1) is 11.3. The molecule has 0 spiro atoms. The van der Waals surface area contributed by atoms with E-state index < -0.39 is 0 Å². The van der Waals surface area contributed by atoms with E-state index in [2.05, 4.69) is 37.7 Å². The number of halogens is 1. The van der Waals surface area contributed by atoms with Crippen LogP contribution in [0, 0.1) is 0 Å². The Morgan fingerprint density at radius 3 is 3.24 bits per heavy atom. The molecule has 0 bridgehead atoms. The van der Waals surface area contributed by atoms with Crippen LogP contribution in [0.1, 0.15) is 11.7 Å². The van der Waals surface area contributed by atoms with E-state index in [0.29, 0.717) is 0 Å². The lowest BCUT2D eigenvalue weighted by Gasteiger charge is -2.32. The highest BCUT2D eigenvalue weighted by Crippen LogP contribution is 2.33. The van der Waals surface area contributed by atoms with Gasteiger partial charge in [0.05, 0.1) is 20.7 Å². The number of fused-ring (bicyclic) bond motifs is 1. The van der Waals surface area contributed by atoms with Crippen molar-refractivity contribution < 1.29 is 4.79 Å². The average Bonchev–Trinajstić information content (AvgIpc) is 2.92. The largest absolute Gasteiger partial charge is 0.355 e. The molecule has 6 heteroatoms. The Bertz CT molecular complexity index is 550. The lowest BCUT2D eigenvalue weighted by molar-refractivity contribution is -0.121. The molecule has 17 heavy (non-hydrogen) atoms. The van der Waals surface area contributed by atoms with E-state index >= 15 is 0 Å². The average molecular weight is 314 g/mol. The van der Waals surface area contributed by atoms with Crippen LogP contribution in [0.4, 0.5) is 0 Å². The van der Waals surface area contributed by atoms with E-state index in [0.717, 1.165) is 41.7 Å². The van der Waals surface area contributed by atoms with E-state index in [9.17, 15) is 4.79 Å². The number of hydrogen-bond donors (Lipinski definition) is 2. The molecule has 3 rings (SSSR count). The summed E-state index contributed by atoms with van der Waals surface area (Å²) in [6.07, 6.45) is 0.940. The standard InChI is InChI=1S/C11H12BrN3OS/c12-7-5-17-10-3-8(14-11(7)10)9-4-13-1-2-15(9)6-16/h3,5-6,9,13-14H,1-2,4H2. The number of carbonyl (C=O) groups excluding carboxylic acids is 1. The third-order valence-electron chi connectivity index (χ3n) is 3.11. The molecule has 0 radical (unpaired) electrons. The maximum Gasteiger partial charge on any atom is 0.210 e. The monoisotopic (exact) mass is 313 g/mol. The normalized spacial score (nSPS) is 21.0. The van der Waals surface area contributed by atoms with Crippen LogP contribution < -0.4 is 5.32 Å². The predicted molar refractivity (Wildman–Crippen MR) is 72.3 cm³/mol. The maximum absolute atomic E-state index is 11.0. The summed E-state index contributed by atoms with van der Waals surface area (Å²) in [7, 11) is 0. The van der Waals surface area contributed by atoms with Crippen LogP contribution in [0.25, 0.3) is 10.2 Å². The number of nitrogens with one attached hydrogen (secondary N) is 2. The number of nitrogens with zero attached hydrogens (tertiary/aromatic N) is 1. The minimum atomic E-state index is 0.118. The maximum atomic E-state index is 11.0. The number of rotatable bonds is 2. The van der Waals surface area contributed by atoms with Crippen molar-refractivity contribution in [3.8, 4) is 0 Å². The highest BCUT2D eigenvalue weighted by molar-refractivity contribution is 9.10. The lowest BCUT2D eigenvalue weighted by Crippen LogP contribution is -2.45.